The van der Waals surface area contributed by atoms with Gasteiger partial charge < -0.3 is 10.2 Å². The van der Waals surface area contributed by atoms with E-state index in [0.29, 0.717) is 12.3 Å². The zero-order valence-corrected chi connectivity index (χ0v) is 17.7. The predicted molar refractivity (Wildman–Crippen MR) is 116 cm³/mol. The third kappa shape index (κ3) is 4.57. The lowest BCUT2D eigenvalue weighted by molar-refractivity contribution is -0.120. The SMILES string of the molecule is O=C1CCN(CCN2CCC(c3nnc4ccc(-c5cccnc5)nn34)CC2)CCN1. The molecule has 3 aromatic rings. The van der Waals surface area contributed by atoms with Gasteiger partial charge in [0, 0.05) is 63.0 Å². The van der Waals surface area contributed by atoms with Gasteiger partial charge in [0.05, 0.1) is 5.69 Å². The molecule has 0 bridgehead atoms. The van der Waals surface area contributed by atoms with Gasteiger partial charge in [-0.3, -0.25) is 14.7 Å². The lowest BCUT2D eigenvalue weighted by Crippen LogP contribution is -2.40. The highest BCUT2D eigenvalue weighted by molar-refractivity contribution is 5.76. The quantitative estimate of drug-likeness (QED) is 0.663. The van der Waals surface area contributed by atoms with Gasteiger partial charge in [0.1, 0.15) is 0 Å². The minimum Gasteiger partial charge on any atom is -0.355 e. The predicted octanol–water partition coefficient (Wildman–Crippen LogP) is 1.19. The van der Waals surface area contributed by atoms with Gasteiger partial charge in [-0.1, -0.05) is 0 Å². The van der Waals surface area contributed by atoms with Crippen LogP contribution in [0.15, 0.2) is 36.7 Å². The second-order valence-electron chi connectivity index (χ2n) is 8.35. The molecule has 0 radical (unpaired) electrons. The molecule has 0 aliphatic carbocycles. The fourth-order valence-electron chi connectivity index (χ4n) is 4.46. The molecular formula is C22H28N8O. The molecule has 5 heterocycles. The number of hydrogen-bond donors (Lipinski definition) is 1. The summed E-state index contributed by atoms with van der Waals surface area (Å²) in [7, 11) is 0. The van der Waals surface area contributed by atoms with Crippen LogP contribution in [0.1, 0.15) is 31.0 Å². The highest BCUT2D eigenvalue weighted by Gasteiger charge is 2.25. The van der Waals surface area contributed by atoms with E-state index in [0.717, 1.165) is 81.4 Å². The largest absolute Gasteiger partial charge is 0.355 e. The van der Waals surface area contributed by atoms with Crippen LogP contribution in [-0.4, -0.2) is 86.3 Å². The summed E-state index contributed by atoms with van der Waals surface area (Å²) in [6.45, 7) is 6.72. The normalized spacial score (nSPS) is 19.4. The summed E-state index contributed by atoms with van der Waals surface area (Å²) in [5.74, 6) is 1.49. The number of nitrogens with zero attached hydrogens (tertiary/aromatic N) is 7. The van der Waals surface area contributed by atoms with Crippen molar-refractivity contribution >= 4 is 11.6 Å². The number of piperidine rings is 1. The third-order valence-electron chi connectivity index (χ3n) is 6.33. The topological polar surface area (TPSA) is 91.6 Å². The fraction of sp³-hybridized carbons (Fsp3) is 0.500. The molecule has 1 amide bonds. The van der Waals surface area contributed by atoms with Crippen LogP contribution in [0.3, 0.4) is 0 Å². The molecule has 3 aromatic heterocycles. The van der Waals surface area contributed by atoms with E-state index >= 15 is 0 Å². The summed E-state index contributed by atoms with van der Waals surface area (Å²) in [6.07, 6.45) is 6.31. The van der Waals surface area contributed by atoms with E-state index in [4.69, 9.17) is 5.10 Å². The number of carbonyl (C=O) groups excluding carboxylic acids is 1. The average molecular weight is 421 g/mol. The number of pyridine rings is 1. The number of rotatable bonds is 5. The second-order valence-corrected chi connectivity index (χ2v) is 8.35. The average Bonchev–Trinajstić information content (AvgIpc) is 3.13. The third-order valence-corrected chi connectivity index (χ3v) is 6.33. The number of hydrogen-bond acceptors (Lipinski definition) is 7. The molecule has 2 saturated heterocycles. The first kappa shape index (κ1) is 20.0. The van der Waals surface area contributed by atoms with Gasteiger partial charge in [0.15, 0.2) is 11.5 Å². The first-order chi connectivity index (χ1) is 15.3. The first-order valence-corrected chi connectivity index (χ1v) is 11.1. The Morgan fingerprint density at radius 1 is 1.00 bits per heavy atom. The molecule has 9 nitrogen and oxygen atoms in total. The van der Waals surface area contributed by atoms with E-state index in [1.54, 1.807) is 6.20 Å². The van der Waals surface area contributed by atoms with Gasteiger partial charge in [-0.25, -0.2) is 0 Å². The van der Waals surface area contributed by atoms with E-state index in [1.807, 2.05) is 35.0 Å². The van der Waals surface area contributed by atoms with Crippen molar-refractivity contribution in [3.05, 3.63) is 42.5 Å². The van der Waals surface area contributed by atoms with Crippen LogP contribution in [0.2, 0.25) is 0 Å². The van der Waals surface area contributed by atoms with E-state index < -0.39 is 0 Å². The van der Waals surface area contributed by atoms with Crippen molar-refractivity contribution in [2.45, 2.75) is 25.2 Å². The Morgan fingerprint density at radius 3 is 2.65 bits per heavy atom. The van der Waals surface area contributed by atoms with Gasteiger partial charge in [-0.05, 0) is 50.2 Å². The molecule has 1 N–H and O–H groups in total. The molecule has 0 saturated carbocycles. The molecule has 5 rings (SSSR count). The molecule has 0 unspecified atom stereocenters. The number of fused-ring (bicyclic) bond motifs is 1. The maximum atomic E-state index is 11.5. The molecular weight excluding hydrogens is 392 g/mol. The monoisotopic (exact) mass is 420 g/mol. The molecule has 0 atom stereocenters. The molecule has 9 heteroatoms. The molecule has 0 spiro atoms. The Bertz CT molecular complexity index is 1030. The fourth-order valence-corrected chi connectivity index (χ4v) is 4.46. The molecule has 2 fully saturated rings. The van der Waals surface area contributed by atoms with Crippen molar-refractivity contribution < 1.29 is 4.79 Å². The lowest BCUT2D eigenvalue weighted by atomic mass is 9.96. The smallest absolute Gasteiger partial charge is 0.221 e. The van der Waals surface area contributed by atoms with Crippen LogP contribution in [-0.2, 0) is 4.79 Å². The Labute approximate surface area is 181 Å². The first-order valence-electron chi connectivity index (χ1n) is 11.1. The number of carbonyl (C=O) groups is 1. The molecule has 162 valence electrons. The van der Waals surface area contributed by atoms with Crippen molar-refractivity contribution in [3.8, 4) is 11.3 Å². The lowest BCUT2D eigenvalue weighted by Gasteiger charge is -2.32. The summed E-state index contributed by atoms with van der Waals surface area (Å²) in [5, 5.41) is 16.6. The highest BCUT2D eigenvalue weighted by Crippen LogP contribution is 2.27. The van der Waals surface area contributed by atoms with E-state index in [2.05, 4.69) is 30.3 Å². The Morgan fingerprint density at radius 2 is 1.84 bits per heavy atom. The van der Waals surface area contributed by atoms with Crippen LogP contribution in [0, 0.1) is 0 Å². The van der Waals surface area contributed by atoms with Gasteiger partial charge >= 0.3 is 0 Å². The second kappa shape index (κ2) is 9.07. The van der Waals surface area contributed by atoms with Crippen molar-refractivity contribution in [3.63, 3.8) is 0 Å². The minimum absolute atomic E-state index is 0.171. The van der Waals surface area contributed by atoms with Gasteiger partial charge in [0.25, 0.3) is 0 Å². The number of aromatic nitrogens is 5. The summed E-state index contributed by atoms with van der Waals surface area (Å²) < 4.78 is 1.91. The zero-order valence-electron chi connectivity index (χ0n) is 17.7. The zero-order chi connectivity index (χ0) is 21.0. The number of amides is 1. The van der Waals surface area contributed by atoms with E-state index in [9.17, 15) is 4.79 Å². The number of nitrogens with one attached hydrogen (secondary N) is 1. The molecule has 2 aliphatic rings. The maximum Gasteiger partial charge on any atom is 0.221 e. The van der Waals surface area contributed by atoms with Crippen LogP contribution < -0.4 is 5.32 Å². The van der Waals surface area contributed by atoms with Crippen molar-refractivity contribution in [2.24, 2.45) is 0 Å². The van der Waals surface area contributed by atoms with Crippen LogP contribution >= 0.6 is 0 Å². The van der Waals surface area contributed by atoms with Gasteiger partial charge in [-0.15, -0.1) is 10.2 Å². The van der Waals surface area contributed by atoms with Crippen LogP contribution in [0.4, 0.5) is 0 Å². The Kier molecular flexibility index (Phi) is 5.86. The summed E-state index contributed by atoms with van der Waals surface area (Å²) >= 11 is 0. The Balaban J connectivity index is 1.21. The van der Waals surface area contributed by atoms with E-state index in [1.165, 1.54) is 0 Å². The van der Waals surface area contributed by atoms with Crippen LogP contribution in [0.5, 0.6) is 0 Å². The molecule has 2 aliphatic heterocycles. The minimum atomic E-state index is 0.171. The summed E-state index contributed by atoms with van der Waals surface area (Å²) in [4.78, 5) is 20.6. The van der Waals surface area contributed by atoms with Crippen LogP contribution in [0.25, 0.3) is 16.9 Å². The molecule has 0 aromatic carbocycles. The summed E-state index contributed by atoms with van der Waals surface area (Å²) in [5.41, 5.74) is 2.66. The Hall–Kier alpha value is -2.91. The standard InChI is InChI=1S/C22H28N8O/c31-21-7-12-29(13-9-24-21)15-14-28-10-5-17(6-11-28)22-26-25-20-4-3-19(27-30(20)22)18-2-1-8-23-16-18/h1-4,8,16-17H,5-7,9-15H2,(H,24,31). The number of likely N-dealkylation sites (tertiary alicyclic amines) is 1. The summed E-state index contributed by atoms with van der Waals surface area (Å²) in [6, 6.07) is 7.88. The van der Waals surface area contributed by atoms with Crippen molar-refractivity contribution in [1.82, 2.24) is 39.9 Å². The van der Waals surface area contributed by atoms with Gasteiger partial charge in [0.2, 0.25) is 5.91 Å². The van der Waals surface area contributed by atoms with E-state index in [-0.39, 0.29) is 5.91 Å². The van der Waals surface area contributed by atoms with Crippen molar-refractivity contribution in [1.29, 1.82) is 0 Å². The van der Waals surface area contributed by atoms with Crippen molar-refractivity contribution in [2.75, 3.05) is 45.8 Å². The molecule has 31 heavy (non-hydrogen) atoms. The van der Waals surface area contributed by atoms with Gasteiger partial charge in [-0.2, -0.15) is 9.61 Å². The maximum absolute atomic E-state index is 11.5. The highest BCUT2D eigenvalue weighted by atomic mass is 16.1.